The second-order valence-corrected chi connectivity index (χ2v) is 6.77. The van der Waals surface area contributed by atoms with E-state index in [4.69, 9.17) is 9.47 Å². The highest BCUT2D eigenvalue weighted by molar-refractivity contribution is 6.05. The zero-order chi connectivity index (χ0) is 20.1. The number of methoxy groups -OCH3 is 1. The van der Waals surface area contributed by atoms with Gasteiger partial charge in [-0.25, -0.2) is 4.98 Å². The van der Waals surface area contributed by atoms with Gasteiger partial charge in [-0.05, 0) is 48.0 Å². The number of anilines is 2. The van der Waals surface area contributed by atoms with E-state index in [1.807, 2.05) is 48.5 Å². The van der Waals surface area contributed by atoms with Crippen LogP contribution in [0.2, 0.25) is 0 Å². The molecule has 0 aliphatic carbocycles. The lowest BCUT2D eigenvalue weighted by atomic mass is 10.0. The summed E-state index contributed by atoms with van der Waals surface area (Å²) >= 11 is 0. The number of aromatic nitrogens is 1. The lowest BCUT2D eigenvalue weighted by molar-refractivity contribution is 0.102. The molecule has 2 heterocycles. The van der Waals surface area contributed by atoms with Gasteiger partial charge < -0.3 is 19.7 Å². The molecule has 4 rings (SSSR count). The van der Waals surface area contributed by atoms with Crippen molar-refractivity contribution in [3.8, 4) is 17.0 Å². The molecule has 1 amide bonds. The molecular formula is C23H23N3O3. The van der Waals surface area contributed by atoms with Gasteiger partial charge in [0.05, 0.1) is 20.3 Å². The van der Waals surface area contributed by atoms with Gasteiger partial charge in [0.1, 0.15) is 0 Å². The summed E-state index contributed by atoms with van der Waals surface area (Å²) in [5, 5.41) is 2.97. The minimum absolute atomic E-state index is 0.146. The summed E-state index contributed by atoms with van der Waals surface area (Å²) in [5.74, 6) is 0.413. The van der Waals surface area contributed by atoms with Crippen LogP contribution in [0.1, 0.15) is 10.4 Å². The number of ether oxygens (including phenoxy) is 2. The number of morpholine rings is 1. The molecule has 3 aromatic rings. The van der Waals surface area contributed by atoms with E-state index in [0.29, 0.717) is 11.4 Å². The van der Waals surface area contributed by atoms with E-state index in [-0.39, 0.29) is 5.91 Å². The Morgan fingerprint density at radius 3 is 2.52 bits per heavy atom. The van der Waals surface area contributed by atoms with Gasteiger partial charge in [-0.1, -0.05) is 12.1 Å². The van der Waals surface area contributed by atoms with Gasteiger partial charge in [0.2, 0.25) is 5.88 Å². The van der Waals surface area contributed by atoms with Crippen molar-refractivity contribution < 1.29 is 14.3 Å². The Morgan fingerprint density at radius 1 is 1.03 bits per heavy atom. The van der Waals surface area contributed by atoms with Crippen molar-refractivity contribution in [1.82, 2.24) is 4.98 Å². The Bertz CT molecular complexity index is 965. The number of hydrogen-bond donors (Lipinski definition) is 1. The Labute approximate surface area is 170 Å². The monoisotopic (exact) mass is 389 g/mol. The Kier molecular flexibility index (Phi) is 5.72. The molecule has 1 aliphatic heterocycles. The number of amides is 1. The molecule has 0 atom stereocenters. The average Bonchev–Trinajstić information content (AvgIpc) is 2.80. The smallest absolute Gasteiger partial charge is 0.255 e. The van der Waals surface area contributed by atoms with Crippen molar-refractivity contribution in [3.63, 3.8) is 0 Å². The molecule has 0 saturated carbocycles. The molecule has 0 unspecified atom stereocenters. The van der Waals surface area contributed by atoms with Gasteiger partial charge in [0.25, 0.3) is 5.91 Å². The van der Waals surface area contributed by atoms with E-state index in [1.165, 1.54) is 0 Å². The third kappa shape index (κ3) is 4.55. The van der Waals surface area contributed by atoms with Gasteiger partial charge in [-0.3, -0.25) is 4.79 Å². The maximum absolute atomic E-state index is 12.7. The van der Waals surface area contributed by atoms with Crippen LogP contribution in [0.15, 0.2) is 66.9 Å². The van der Waals surface area contributed by atoms with Crippen LogP contribution < -0.4 is 15.0 Å². The SMILES string of the molecule is COc1ccc(-c2cccc(C(=O)Nc3ccc(N4CCOCC4)cc3)c2)cn1. The molecule has 0 bridgehead atoms. The molecule has 148 valence electrons. The van der Waals surface area contributed by atoms with Crippen LogP contribution in [0.3, 0.4) is 0 Å². The number of rotatable bonds is 5. The minimum atomic E-state index is -0.146. The van der Waals surface area contributed by atoms with Crippen molar-refractivity contribution in [2.45, 2.75) is 0 Å². The maximum Gasteiger partial charge on any atom is 0.255 e. The molecule has 1 saturated heterocycles. The standard InChI is InChI=1S/C23H23N3O3/c1-28-22-10-5-19(16-24-22)17-3-2-4-18(15-17)23(27)25-20-6-8-21(9-7-20)26-11-13-29-14-12-26/h2-10,15-16H,11-14H2,1H3,(H,25,27). The van der Waals surface area contributed by atoms with E-state index in [2.05, 4.69) is 15.2 Å². The Balaban J connectivity index is 1.45. The number of benzene rings is 2. The van der Waals surface area contributed by atoms with Crippen molar-refractivity contribution in [3.05, 3.63) is 72.4 Å². The number of nitrogens with zero attached hydrogens (tertiary/aromatic N) is 2. The van der Waals surface area contributed by atoms with E-state index >= 15 is 0 Å². The van der Waals surface area contributed by atoms with Crippen molar-refractivity contribution in [2.24, 2.45) is 0 Å². The number of carbonyl (C=O) groups is 1. The van der Waals surface area contributed by atoms with Crippen LogP contribution in [0.4, 0.5) is 11.4 Å². The fourth-order valence-corrected chi connectivity index (χ4v) is 3.29. The molecule has 2 aromatic carbocycles. The first kappa shape index (κ1) is 19.0. The largest absolute Gasteiger partial charge is 0.481 e. The Morgan fingerprint density at radius 2 is 1.83 bits per heavy atom. The van der Waals surface area contributed by atoms with E-state index < -0.39 is 0 Å². The van der Waals surface area contributed by atoms with Crippen LogP contribution in [0.5, 0.6) is 5.88 Å². The minimum Gasteiger partial charge on any atom is -0.481 e. The fourth-order valence-electron chi connectivity index (χ4n) is 3.29. The van der Waals surface area contributed by atoms with E-state index in [0.717, 1.165) is 48.8 Å². The van der Waals surface area contributed by atoms with Crippen LogP contribution in [0.25, 0.3) is 11.1 Å². The molecule has 1 aromatic heterocycles. The lowest BCUT2D eigenvalue weighted by Crippen LogP contribution is -2.36. The summed E-state index contributed by atoms with van der Waals surface area (Å²) in [6, 6.07) is 19.1. The molecule has 1 aliphatic rings. The molecule has 0 radical (unpaired) electrons. The third-order valence-corrected chi connectivity index (χ3v) is 4.90. The predicted octanol–water partition coefficient (Wildman–Crippen LogP) is 3.85. The van der Waals surface area contributed by atoms with Crippen LogP contribution >= 0.6 is 0 Å². The highest BCUT2D eigenvalue weighted by atomic mass is 16.5. The highest BCUT2D eigenvalue weighted by Crippen LogP contribution is 2.23. The van der Waals surface area contributed by atoms with Gasteiger partial charge >= 0.3 is 0 Å². The average molecular weight is 389 g/mol. The van der Waals surface area contributed by atoms with Gasteiger partial charge in [0, 0.05) is 47.9 Å². The molecule has 6 nitrogen and oxygen atoms in total. The summed E-state index contributed by atoms with van der Waals surface area (Å²) in [6.07, 6.45) is 1.74. The van der Waals surface area contributed by atoms with E-state index in [1.54, 1.807) is 25.4 Å². The predicted molar refractivity (Wildman–Crippen MR) is 114 cm³/mol. The third-order valence-electron chi connectivity index (χ3n) is 4.90. The number of pyridine rings is 1. The molecule has 0 spiro atoms. The summed E-state index contributed by atoms with van der Waals surface area (Å²) in [5.41, 5.74) is 4.35. The van der Waals surface area contributed by atoms with Gasteiger partial charge in [-0.2, -0.15) is 0 Å². The Hall–Kier alpha value is -3.38. The fraction of sp³-hybridized carbons (Fsp3) is 0.217. The van der Waals surface area contributed by atoms with Crippen molar-refractivity contribution >= 4 is 17.3 Å². The topological polar surface area (TPSA) is 63.7 Å². The van der Waals surface area contributed by atoms with Crippen LogP contribution in [-0.4, -0.2) is 44.3 Å². The molecule has 6 heteroatoms. The van der Waals surface area contributed by atoms with Crippen molar-refractivity contribution in [1.29, 1.82) is 0 Å². The van der Waals surface area contributed by atoms with Gasteiger partial charge in [0.15, 0.2) is 0 Å². The zero-order valence-corrected chi connectivity index (χ0v) is 16.3. The summed E-state index contributed by atoms with van der Waals surface area (Å²) in [6.45, 7) is 3.27. The number of hydrogen-bond acceptors (Lipinski definition) is 5. The molecule has 1 N–H and O–H groups in total. The van der Waals surface area contributed by atoms with Crippen LogP contribution in [-0.2, 0) is 4.74 Å². The van der Waals surface area contributed by atoms with E-state index in [9.17, 15) is 4.79 Å². The molecular weight excluding hydrogens is 366 g/mol. The first-order valence-corrected chi connectivity index (χ1v) is 9.57. The van der Waals surface area contributed by atoms with Crippen molar-refractivity contribution in [2.75, 3.05) is 43.6 Å². The summed E-state index contributed by atoms with van der Waals surface area (Å²) < 4.78 is 10.5. The lowest BCUT2D eigenvalue weighted by Gasteiger charge is -2.28. The second-order valence-electron chi connectivity index (χ2n) is 6.77. The quantitative estimate of drug-likeness (QED) is 0.718. The first-order chi connectivity index (χ1) is 14.2. The highest BCUT2D eigenvalue weighted by Gasteiger charge is 2.12. The first-order valence-electron chi connectivity index (χ1n) is 9.57. The molecule has 29 heavy (non-hydrogen) atoms. The van der Waals surface area contributed by atoms with Crippen LogP contribution in [0, 0.1) is 0 Å². The van der Waals surface area contributed by atoms with Gasteiger partial charge in [-0.15, -0.1) is 0 Å². The zero-order valence-electron chi connectivity index (χ0n) is 16.3. The maximum atomic E-state index is 12.7. The molecule has 1 fully saturated rings. The second kappa shape index (κ2) is 8.75. The summed E-state index contributed by atoms with van der Waals surface area (Å²) in [4.78, 5) is 19.2. The normalized spacial score (nSPS) is 13.8. The number of nitrogens with one attached hydrogen (secondary N) is 1. The summed E-state index contributed by atoms with van der Waals surface area (Å²) in [7, 11) is 1.58. The number of carbonyl (C=O) groups excluding carboxylic acids is 1.